The monoisotopic (exact) mass is 281 g/mol. The van der Waals surface area contributed by atoms with Gasteiger partial charge in [-0.1, -0.05) is 30.3 Å². The zero-order valence-corrected chi connectivity index (χ0v) is 12.7. The van der Waals surface area contributed by atoms with E-state index in [2.05, 4.69) is 49.2 Å². The number of hydrogen-bond donors (Lipinski definition) is 2. The molecule has 2 aromatic rings. The molecule has 0 spiro atoms. The van der Waals surface area contributed by atoms with Gasteiger partial charge in [0.25, 0.3) is 0 Å². The Morgan fingerprint density at radius 2 is 1.95 bits per heavy atom. The van der Waals surface area contributed by atoms with Crippen molar-refractivity contribution >= 4 is 5.69 Å². The van der Waals surface area contributed by atoms with Gasteiger partial charge in [0.15, 0.2) is 0 Å². The molecule has 1 heterocycles. The second-order valence-corrected chi connectivity index (χ2v) is 5.99. The molecule has 0 saturated heterocycles. The summed E-state index contributed by atoms with van der Waals surface area (Å²) >= 11 is 0. The Morgan fingerprint density at radius 1 is 1.19 bits per heavy atom. The Hall–Kier alpha value is -1.84. The van der Waals surface area contributed by atoms with E-state index in [0.29, 0.717) is 18.5 Å². The summed E-state index contributed by atoms with van der Waals surface area (Å²) in [5.41, 5.74) is 18.2. The van der Waals surface area contributed by atoms with Gasteiger partial charge in [0.05, 0.1) is 0 Å². The highest BCUT2D eigenvalue weighted by Crippen LogP contribution is 2.40. The van der Waals surface area contributed by atoms with E-state index >= 15 is 0 Å². The summed E-state index contributed by atoms with van der Waals surface area (Å²) in [6, 6.07) is 15.1. The van der Waals surface area contributed by atoms with Crippen molar-refractivity contribution in [2.75, 3.05) is 25.9 Å². The molecule has 1 aliphatic heterocycles. The van der Waals surface area contributed by atoms with Crippen molar-refractivity contribution in [3.8, 4) is 0 Å². The standard InChI is InChI=1S/C18H23N3/c1-12-5-3-8-15-16(13-6-4-7-14(20)9-13)11-21(2)17(10-19)18(12)15/h3-9,16-17H,10-11,19-20H2,1-2H3. The first-order chi connectivity index (χ1) is 10.1. The topological polar surface area (TPSA) is 55.3 Å². The highest BCUT2D eigenvalue weighted by molar-refractivity contribution is 5.49. The normalized spacial score (nSPS) is 22.0. The fourth-order valence-electron chi connectivity index (χ4n) is 3.55. The lowest BCUT2D eigenvalue weighted by Gasteiger charge is -2.40. The largest absolute Gasteiger partial charge is 0.399 e. The van der Waals surface area contributed by atoms with Crippen molar-refractivity contribution in [1.82, 2.24) is 4.90 Å². The van der Waals surface area contributed by atoms with Gasteiger partial charge in [0.2, 0.25) is 0 Å². The van der Waals surface area contributed by atoms with Crippen LogP contribution in [0.5, 0.6) is 0 Å². The van der Waals surface area contributed by atoms with Crippen LogP contribution in [0.25, 0.3) is 0 Å². The molecule has 0 amide bonds. The molecule has 2 aromatic carbocycles. The second-order valence-electron chi connectivity index (χ2n) is 5.99. The smallest absolute Gasteiger partial charge is 0.0473 e. The van der Waals surface area contributed by atoms with E-state index in [1.54, 1.807) is 0 Å². The van der Waals surface area contributed by atoms with Crippen LogP contribution in [0.15, 0.2) is 42.5 Å². The molecule has 3 nitrogen and oxygen atoms in total. The Bertz CT molecular complexity index is 651. The highest BCUT2D eigenvalue weighted by Gasteiger charge is 2.32. The minimum atomic E-state index is 0.304. The summed E-state index contributed by atoms with van der Waals surface area (Å²) in [6.07, 6.45) is 0. The zero-order valence-electron chi connectivity index (χ0n) is 12.7. The van der Waals surface area contributed by atoms with E-state index in [4.69, 9.17) is 11.5 Å². The van der Waals surface area contributed by atoms with Crippen molar-refractivity contribution in [3.63, 3.8) is 0 Å². The maximum atomic E-state index is 6.02. The average Bonchev–Trinajstić information content (AvgIpc) is 2.47. The Kier molecular flexibility index (Phi) is 3.70. The number of nitrogen functional groups attached to an aromatic ring is 1. The number of benzene rings is 2. The number of nitrogens with zero attached hydrogens (tertiary/aromatic N) is 1. The van der Waals surface area contributed by atoms with Crippen molar-refractivity contribution in [3.05, 3.63) is 64.7 Å². The van der Waals surface area contributed by atoms with Gasteiger partial charge in [-0.05, 0) is 48.4 Å². The highest BCUT2D eigenvalue weighted by atomic mass is 15.1. The summed E-state index contributed by atoms with van der Waals surface area (Å²) < 4.78 is 0. The molecule has 0 aromatic heterocycles. The van der Waals surface area contributed by atoms with Crippen LogP contribution in [0.3, 0.4) is 0 Å². The third kappa shape index (κ3) is 2.43. The maximum absolute atomic E-state index is 6.02. The van der Waals surface area contributed by atoms with Crippen LogP contribution >= 0.6 is 0 Å². The molecule has 0 aliphatic carbocycles. The van der Waals surface area contributed by atoms with Crippen LogP contribution < -0.4 is 11.5 Å². The van der Waals surface area contributed by atoms with Gasteiger partial charge in [-0.25, -0.2) is 0 Å². The maximum Gasteiger partial charge on any atom is 0.0473 e. The van der Waals surface area contributed by atoms with E-state index in [1.807, 2.05) is 12.1 Å². The van der Waals surface area contributed by atoms with Crippen LogP contribution in [0.1, 0.15) is 34.2 Å². The molecule has 110 valence electrons. The lowest BCUT2D eigenvalue weighted by Crippen LogP contribution is -2.39. The van der Waals surface area contributed by atoms with Crippen LogP contribution in [0.4, 0.5) is 5.69 Å². The van der Waals surface area contributed by atoms with Crippen LogP contribution in [0.2, 0.25) is 0 Å². The number of fused-ring (bicyclic) bond motifs is 1. The molecular weight excluding hydrogens is 258 g/mol. The minimum Gasteiger partial charge on any atom is -0.399 e. The Labute approximate surface area is 126 Å². The SMILES string of the molecule is Cc1cccc2c1C(CN)N(C)CC2c1cccc(N)c1. The first-order valence-electron chi connectivity index (χ1n) is 7.47. The first kappa shape index (κ1) is 14.1. The van der Waals surface area contributed by atoms with E-state index < -0.39 is 0 Å². The molecule has 0 fully saturated rings. The van der Waals surface area contributed by atoms with E-state index in [-0.39, 0.29) is 0 Å². The molecule has 0 radical (unpaired) electrons. The zero-order chi connectivity index (χ0) is 15.0. The van der Waals surface area contributed by atoms with E-state index in [9.17, 15) is 0 Å². The number of hydrogen-bond acceptors (Lipinski definition) is 3. The molecule has 2 atom stereocenters. The Balaban J connectivity index is 2.14. The van der Waals surface area contributed by atoms with Gasteiger partial charge >= 0.3 is 0 Å². The number of aryl methyl sites for hydroxylation is 1. The predicted molar refractivity (Wildman–Crippen MR) is 88.3 cm³/mol. The summed E-state index contributed by atoms with van der Waals surface area (Å²) in [7, 11) is 2.16. The lowest BCUT2D eigenvalue weighted by molar-refractivity contribution is 0.223. The third-order valence-electron chi connectivity index (χ3n) is 4.61. The van der Waals surface area contributed by atoms with Crippen molar-refractivity contribution < 1.29 is 0 Å². The first-order valence-corrected chi connectivity index (χ1v) is 7.47. The molecule has 4 N–H and O–H groups in total. The fourth-order valence-corrected chi connectivity index (χ4v) is 3.55. The average molecular weight is 281 g/mol. The number of anilines is 1. The quantitative estimate of drug-likeness (QED) is 0.832. The molecule has 0 bridgehead atoms. The summed E-state index contributed by atoms with van der Waals surface area (Å²) in [4.78, 5) is 2.36. The third-order valence-corrected chi connectivity index (χ3v) is 4.61. The van der Waals surface area contributed by atoms with Gasteiger partial charge in [-0.15, -0.1) is 0 Å². The number of nitrogens with two attached hydrogens (primary N) is 2. The number of rotatable bonds is 2. The predicted octanol–water partition coefficient (Wildman–Crippen LogP) is 2.65. The van der Waals surface area contributed by atoms with Crippen molar-refractivity contribution in [2.24, 2.45) is 5.73 Å². The Morgan fingerprint density at radius 3 is 2.67 bits per heavy atom. The van der Waals surface area contributed by atoms with Gasteiger partial charge < -0.3 is 11.5 Å². The minimum absolute atomic E-state index is 0.304. The van der Waals surface area contributed by atoms with Gasteiger partial charge in [0, 0.05) is 30.7 Å². The molecular formula is C18H23N3. The lowest BCUT2D eigenvalue weighted by atomic mass is 9.79. The molecule has 1 aliphatic rings. The molecule has 0 saturated carbocycles. The molecule has 3 heteroatoms. The fraction of sp³-hybridized carbons (Fsp3) is 0.333. The van der Waals surface area contributed by atoms with Crippen LogP contribution in [-0.2, 0) is 0 Å². The number of likely N-dealkylation sites (N-methyl/N-ethyl adjacent to an activating group) is 1. The van der Waals surface area contributed by atoms with Crippen LogP contribution in [0, 0.1) is 6.92 Å². The van der Waals surface area contributed by atoms with E-state index in [1.165, 1.54) is 22.3 Å². The molecule has 21 heavy (non-hydrogen) atoms. The second kappa shape index (κ2) is 5.51. The van der Waals surface area contributed by atoms with Gasteiger partial charge in [-0.3, -0.25) is 4.90 Å². The summed E-state index contributed by atoms with van der Waals surface area (Å²) in [5.74, 6) is 0.358. The molecule has 2 unspecified atom stereocenters. The summed E-state index contributed by atoms with van der Waals surface area (Å²) in [5, 5.41) is 0. The van der Waals surface area contributed by atoms with E-state index in [0.717, 1.165) is 12.2 Å². The van der Waals surface area contributed by atoms with Gasteiger partial charge in [0.1, 0.15) is 0 Å². The molecule has 3 rings (SSSR count). The van der Waals surface area contributed by atoms with Crippen LogP contribution in [-0.4, -0.2) is 25.0 Å². The van der Waals surface area contributed by atoms with Crippen molar-refractivity contribution in [1.29, 1.82) is 0 Å². The summed E-state index contributed by atoms with van der Waals surface area (Å²) in [6.45, 7) is 3.80. The van der Waals surface area contributed by atoms with Crippen molar-refractivity contribution in [2.45, 2.75) is 18.9 Å². The van der Waals surface area contributed by atoms with Gasteiger partial charge in [-0.2, -0.15) is 0 Å².